The van der Waals surface area contributed by atoms with Crippen molar-refractivity contribution >= 4 is 21.4 Å². The number of aryl methyl sites for hydroxylation is 2. The first kappa shape index (κ1) is 15.3. The van der Waals surface area contributed by atoms with Gasteiger partial charge in [-0.1, -0.05) is 6.92 Å². The minimum absolute atomic E-state index is 0.0153. The van der Waals surface area contributed by atoms with Crippen LogP contribution in [0.4, 0.5) is 11.4 Å². The van der Waals surface area contributed by atoms with Crippen LogP contribution in [0.5, 0.6) is 0 Å². The molecule has 21 heavy (non-hydrogen) atoms. The number of hydrogen-bond acceptors (Lipinski definition) is 5. The lowest BCUT2D eigenvalue weighted by Gasteiger charge is -2.12. The number of anilines is 2. The van der Waals surface area contributed by atoms with Crippen molar-refractivity contribution in [1.82, 2.24) is 15.2 Å². The molecule has 0 bridgehead atoms. The van der Waals surface area contributed by atoms with Gasteiger partial charge in [0.1, 0.15) is 0 Å². The average Bonchev–Trinajstić information content (AvgIpc) is 2.77. The van der Waals surface area contributed by atoms with Gasteiger partial charge in [0.25, 0.3) is 10.0 Å². The summed E-state index contributed by atoms with van der Waals surface area (Å²) >= 11 is 0. The molecule has 0 amide bonds. The standard InChI is InChI=1S/C13H19N5O2S/c1-4-7-14-11-6-5-8-15-13(11)21(19,20)18-12-9(2)16-17-10(12)3/h5-6,8,14,18H,4,7H2,1-3H3,(H,16,17). The molecule has 0 unspecified atom stereocenters. The van der Waals surface area contributed by atoms with E-state index in [1.54, 1.807) is 26.0 Å². The summed E-state index contributed by atoms with van der Waals surface area (Å²) < 4.78 is 27.6. The summed E-state index contributed by atoms with van der Waals surface area (Å²) in [6, 6.07) is 3.40. The van der Waals surface area contributed by atoms with Crippen molar-refractivity contribution in [2.45, 2.75) is 32.2 Å². The Morgan fingerprint density at radius 2 is 2.10 bits per heavy atom. The topological polar surface area (TPSA) is 99.8 Å². The zero-order valence-corrected chi connectivity index (χ0v) is 13.1. The fourth-order valence-electron chi connectivity index (χ4n) is 1.88. The van der Waals surface area contributed by atoms with Crippen molar-refractivity contribution in [2.75, 3.05) is 16.6 Å². The van der Waals surface area contributed by atoms with Gasteiger partial charge in [-0.15, -0.1) is 0 Å². The number of sulfonamides is 1. The first-order valence-electron chi connectivity index (χ1n) is 6.69. The molecule has 2 rings (SSSR count). The van der Waals surface area contributed by atoms with E-state index in [2.05, 4.69) is 25.2 Å². The predicted molar refractivity (Wildman–Crippen MR) is 81.9 cm³/mol. The second-order valence-electron chi connectivity index (χ2n) is 4.70. The molecule has 0 radical (unpaired) electrons. The minimum atomic E-state index is -3.77. The van der Waals surface area contributed by atoms with Gasteiger partial charge in [-0.3, -0.25) is 9.82 Å². The Kier molecular flexibility index (Phi) is 4.46. The van der Waals surface area contributed by atoms with Gasteiger partial charge in [-0.25, -0.2) is 4.98 Å². The molecule has 0 aliphatic heterocycles. The van der Waals surface area contributed by atoms with Crippen molar-refractivity contribution < 1.29 is 8.42 Å². The molecule has 0 saturated carbocycles. The number of H-pyrrole nitrogens is 1. The molecule has 2 aromatic heterocycles. The van der Waals surface area contributed by atoms with E-state index in [-0.39, 0.29) is 5.03 Å². The Morgan fingerprint density at radius 3 is 2.71 bits per heavy atom. The zero-order chi connectivity index (χ0) is 15.5. The SMILES string of the molecule is CCCNc1cccnc1S(=O)(=O)Nc1c(C)n[nH]c1C. The maximum Gasteiger partial charge on any atom is 0.281 e. The van der Waals surface area contributed by atoms with Crippen LogP contribution < -0.4 is 10.0 Å². The number of nitrogens with zero attached hydrogens (tertiary/aromatic N) is 2. The second kappa shape index (κ2) is 6.13. The highest BCUT2D eigenvalue weighted by atomic mass is 32.2. The van der Waals surface area contributed by atoms with Crippen molar-refractivity contribution in [3.05, 3.63) is 29.7 Å². The summed E-state index contributed by atoms with van der Waals surface area (Å²) in [4.78, 5) is 4.00. The van der Waals surface area contributed by atoms with Gasteiger partial charge in [0, 0.05) is 12.7 Å². The van der Waals surface area contributed by atoms with Crippen LogP contribution in [0.3, 0.4) is 0 Å². The van der Waals surface area contributed by atoms with Crippen LogP contribution in [0.1, 0.15) is 24.7 Å². The number of aromatic nitrogens is 3. The summed E-state index contributed by atoms with van der Waals surface area (Å²) in [5.74, 6) is 0. The first-order valence-corrected chi connectivity index (χ1v) is 8.17. The molecule has 0 saturated heterocycles. The van der Waals surface area contributed by atoms with E-state index in [0.717, 1.165) is 6.42 Å². The first-order chi connectivity index (χ1) is 9.95. The van der Waals surface area contributed by atoms with Crippen LogP contribution in [0.25, 0.3) is 0 Å². The van der Waals surface area contributed by atoms with Gasteiger partial charge in [0.05, 0.1) is 22.8 Å². The molecular formula is C13H19N5O2S. The Hall–Kier alpha value is -2.09. The molecule has 8 heteroatoms. The quantitative estimate of drug-likeness (QED) is 0.758. The Morgan fingerprint density at radius 1 is 1.33 bits per heavy atom. The average molecular weight is 309 g/mol. The summed E-state index contributed by atoms with van der Waals surface area (Å²) in [6.45, 7) is 6.18. The molecule has 7 nitrogen and oxygen atoms in total. The molecule has 2 aromatic rings. The zero-order valence-electron chi connectivity index (χ0n) is 12.3. The molecular weight excluding hydrogens is 290 g/mol. The lowest BCUT2D eigenvalue weighted by molar-refractivity contribution is 0.598. The molecule has 0 spiro atoms. The van der Waals surface area contributed by atoms with Crippen molar-refractivity contribution in [3.63, 3.8) is 0 Å². The fourth-order valence-corrected chi connectivity index (χ4v) is 3.18. The lowest BCUT2D eigenvalue weighted by Crippen LogP contribution is -2.18. The number of hydrogen-bond donors (Lipinski definition) is 3. The maximum atomic E-state index is 12.5. The van der Waals surface area contributed by atoms with Crippen molar-refractivity contribution in [1.29, 1.82) is 0 Å². The van der Waals surface area contributed by atoms with E-state index < -0.39 is 10.0 Å². The summed E-state index contributed by atoms with van der Waals surface area (Å²) in [6.07, 6.45) is 2.35. The van der Waals surface area contributed by atoms with E-state index in [1.165, 1.54) is 6.20 Å². The number of rotatable bonds is 6. The third-order valence-electron chi connectivity index (χ3n) is 2.96. The van der Waals surface area contributed by atoms with Crippen molar-refractivity contribution in [3.8, 4) is 0 Å². The highest BCUT2D eigenvalue weighted by Gasteiger charge is 2.22. The van der Waals surface area contributed by atoms with Crippen LogP contribution in [0.15, 0.2) is 23.4 Å². The molecule has 0 atom stereocenters. The largest absolute Gasteiger partial charge is 0.383 e. The second-order valence-corrected chi connectivity index (χ2v) is 6.30. The van der Waals surface area contributed by atoms with Crippen LogP contribution in [-0.2, 0) is 10.0 Å². The highest BCUT2D eigenvalue weighted by molar-refractivity contribution is 7.92. The van der Waals surface area contributed by atoms with E-state index >= 15 is 0 Å². The number of pyridine rings is 1. The third kappa shape index (κ3) is 3.33. The fraction of sp³-hybridized carbons (Fsp3) is 0.385. The van der Waals surface area contributed by atoms with Crippen LogP contribution >= 0.6 is 0 Å². The monoisotopic (exact) mass is 309 g/mol. The smallest absolute Gasteiger partial charge is 0.281 e. The molecule has 114 valence electrons. The molecule has 0 aliphatic carbocycles. The van der Waals surface area contributed by atoms with Crippen LogP contribution in [-0.4, -0.2) is 30.1 Å². The molecule has 2 heterocycles. The van der Waals surface area contributed by atoms with Gasteiger partial charge >= 0.3 is 0 Å². The van der Waals surface area contributed by atoms with Crippen LogP contribution in [0.2, 0.25) is 0 Å². The predicted octanol–water partition coefficient (Wildman–Crippen LogP) is 2.04. The van der Waals surface area contributed by atoms with Gasteiger partial charge in [0.2, 0.25) is 0 Å². The lowest BCUT2D eigenvalue weighted by atomic mass is 10.3. The molecule has 0 aromatic carbocycles. The van der Waals surface area contributed by atoms with E-state index in [1.807, 2.05) is 6.92 Å². The van der Waals surface area contributed by atoms with Gasteiger partial charge < -0.3 is 5.32 Å². The molecule has 0 aliphatic rings. The van der Waals surface area contributed by atoms with Gasteiger partial charge in [-0.2, -0.15) is 13.5 Å². The van der Waals surface area contributed by atoms with Gasteiger partial charge in [0.15, 0.2) is 5.03 Å². The van der Waals surface area contributed by atoms with Crippen LogP contribution in [0, 0.1) is 13.8 Å². The number of nitrogens with one attached hydrogen (secondary N) is 3. The summed E-state index contributed by atoms with van der Waals surface area (Å²) in [5.41, 5.74) is 2.21. The number of aromatic amines is 1. The maximum absolute atomic E-state index is 12.5. The van der Waals surface area contributed by atoms with E-state index in [4.69, 9.17) is 0 Å². The highest BCUT2D eigenvalue weighted by Crippen LogP contribution is 2.24. The Labute approximate surface area is 124 Å². The molecule has 0 fully saturated rings. The van der Waals surface area contributed by atoms with E-state index in [0.29, 0.717) is 29.3 Å². The molecule has 3 N–H and O–H groups in total. The normalized spacial score (nSPS) is 11.4. The van der Waals surface area contributed by atoms with Crippen molar-refractivity contribution in [2.24, 2.45) is 0 Å². The Balaban J connectivity index is 2.36. The summed E-state index contributed by atoms with van der Waals surface area (Å²) in [5, 5.41) is 9.78. The van der Waals surface area contributed by atoms with E-state index in [9.17, 15) is 8.42 Å². The third-order valence-corrected chi connectivity index (χ3v) is 4.26. The summed E-state index contributed by atoms with van der Waals surface area (Å²) in [7, 11) is -3.77. The van der Waals surface area contributed by atoms with Gasteiger partial charge in [-0.05, 0) is 32.4 Å². The Bertz CT molecular complexity index is 704. The minimum Gasteiger partial charge on any atom is -0.383 e.